The van der Waals surface area contributed by atoms with E-state index in [0.29, 0.717) is 34.3 Å². The molecule has 1 saturated carbocycles. The Hall–Kier alpha value is -2.88. The van der Waals surface area contributed by atoms with Gasteiger partial charge in [0, 0.05) is 25.6 Å². The van der Waals surface area contributed by atoms with Crippen LogP contribution in [0.25, 0.3) is 16.7 Å². The Kier molecular flexibility index (Phi) is 8.43. The van der Waals surface area contributed by atoms with Crippen molar-refractivity contribution in [3.8, 4) is 0 Å². The fourth-order valence-corrected chi connectivity index (χ4v) is 5.24. The molecule has 0 saturated heterocycles. The van der Waals surface area contributed by atoms with Crippen LogP contribution in [0.5, 0.6) is 0 Å². The van der Waals surface area contributed by atoms with Crippen molar-refractivity contribution in [3.05, 3.63) is 34.6 Å². The van der Waals surface area contributed by atoms with Gasteiger partial charge in [-0.25, -0.2) is 0 Å². The molecule has 0 bridgehead atoms. The third kappa shape index (κ3) is 6.22. The van der Waals surface area contributed by atoms with Gasteiger partial charge < -0.3 is 10.6 Å². The molecule has 1 aromatic carbocycles. The second kappa shape index (κ2) is 11.7. The Morgan fingerprint density at radius 3 is 2.66 bits per heavy atom. The molecule has 3 aromatic rings. The highest BCUT2D eigenvalue weighted by molar-refractivity contribution is 7.99. The van der Waals surface area contributed by atoms with Crippen LogP contribution in [0, 0.1) is 5.92 Å². The summed E-state index contributed by atoms with van der Waals surface area (Å²) in [6.07, 6.45) is 6.66. The van der Waals surface area contributed by atoms with Crippen molar-refractivity contribution >= 4 is 40.3 Å². The predicted molar refractivity (Wildman–Crippen MR) is 138 cm³/mol. The summed E-state index contributed by atoms with van der Waals surface area (Å²) in [7, 11) is 0. The lowest BCUT2D eigenvalue weighted by molar-refractivity contribution is -0.122. The van der Waals surface area contributed by atoms with Gasteiger partial charge in [-0.15, -0.1) is 10.2 Å². The normalized spacial score (nSPS) is 14.6. The van der Waals surface area contributed by atoms with E-state index in [4.69, 9.17) is 0 Å². The minimum absolute atomic E-state index is 0.0534. The lowest BCUT2D eigenvalue weighted by atomic mass is 9.95. The first-order valence-electron chi connectivity index (χ1n) is 12.5. The monoisotopic (exact) mass is 498 g/mol. The first kappa shape index (κ1) is 25.2. The second-order valence-corrected chi connectivity index (χ2v) is 10.5. The maximum atomic E-state index is 13.3. The number of thioether (sulfide) groups is 1. The summed E-state index contributed by atoms with van der Waals surface area (Å²) < 4.78 is 3.32. The molecule has 9 nitrogen and oxygen atoms in total. The van der Waals surface area contributed by atoms with Crippen molar-refractivity contribution in [2.45, 2.75) is 76.5 Å². The van der Waals surface area contributed by atoms with E-state index in [2.05, 4.69) is 34.7 Å². The number of rotatable bonds is 10. The number of aryl methyl sites for hydroxylation is 1. The second-order valence-electron chi connectivity index (χ2n) is 9.57. The average Bonchev–Trinajstić information content (AvgIpc) is 3.27. The van der Waals surface area contributed by atoms with Crippen LogP contribution in [-0.4, -0.2) is 49.3 Å². The van der Waals surface area contributed by atoms with Gasteiger partial charge in [-0.2, -0.15) is 0 Å². The third-order valence-corrected chi connectivity index (χ3v) is 7.32. The summed E-state index contributed by atoms with van der Waals surface area (Å²) in [4.78, 5) is 38.2. The molecule has 1 fully saturated rings. The van der Waals surface area contributed by atoms with Crippen molar-refractivity contribution in [1.82, 2.24) is 29.8 Å². The molecule has 188 valence electrons. The molecule has 10 heteroatoms. The summed E-state index contributed by atoms with van der Waals surface area (Å²) in [5.74, 6) is 0.987. The topological polar surface area (TPSA) is 110 Å². The minimum Gasteiger partial charge on any atom is -0.355 e. The molecule has 0 atom stereocenters. The van der Waals surface area contributed by atoms with Crippen LogP contribution < -0.4 is 16.2 Å². The van der Waals surface area contributed by atoms with Crippen molar-refractivity contribution < 1.29 is 9.59 Å². The zero-order chi connectivity index (χ0) is 24.8. The maximum absolute atomic E-state index is 13.3. The van der Waals surface area contributed by atoms with Crippen LogP contribution in [0.3, 0.4) is 0 Å². The SMILES string of the molecule is CC(C)CCNC(=O)CSc1nnc2n(CCC(=O)NC3CCCCC3)c(=O)c3ccccc3n12. The largest absolute Gasteiger partial charge is 0.355 e. The van der Waals surface area contributed by atoms with E-state index >= 15 is 0 Å². The number of para-hydroxylation sites is 1. The van der Waals surface area contributed by atoms with E-state index in [1.165, 1.54) is 22.7 Å². The Bertz CT molecular complexity index is 1250. The van der Waals surface area contributed by atoms with Crippen LogP contribution in [0.4, 0.5) is 0 Å². The molecule has 0 radical (unpaired) electrons. The van der Waals surface area contributed by atoms with Crippen molar-refractivity contribution in [2.75, 3.05) is 12.3 Å². The highest BCUT2D eigenvalue weighted by atomic mass is 32.2. The maximum Gasteiger partial charge on any atom is 0.262 e. The van der Waals surface area contributed by atoms with Crippen molar-refractivity contribution in [3.63, 3.8) is 0 Å². The fourth-order valence-electron chi connectivity index (χ4n) is 4.47. The standard InChI is InChI=1S/C25H34N6O3S/c1-17(2)12-14-26-22(33)16-35-25-29-28-24-30(15-13-21(32)27-18-8-4-3-5-9-18)23(34)19-10-6-7-11-20(19)31(24)25/h6-7,10-11,17-18H,3-5,8-9,12-16H2,1-2H3,(H,26,33)(H,27,32). The predicted octanol–water partition coefficient (Wildman–Crippen LogP) is 3.14. The molecule has 1 aliphatic carbocycles. The highest BCUT2D eigenvalue weighted by Crippen LogP contribution is 2.22. The number of hydrogen-bond acceptors (Lipinski definition) is 6. The van der Waals surface area contributed by atoms with Gasteiger partial charge in [-0.1, -0.05) is 57.0 Å². The third-order valence-electron chi connectivity index (χ3n) is 6.39. The van der Waals surface area contributed by atoms with E-state index in [-0.39, 0.29) is 42.1 Å². The zero-order valence-electron chi connectivity index (χ0n) is 20.5. The molecule has 0 aliphatic heterocycles. The quantitative estimate of drug-likeness (QED) is 0.416. The van der Waals surface area contributed by atoms with Crippen LogP contribution in [-0.2, 0) is 16.1 Å². The van der Waals surface area contributed by atoms with Gasteiger partial charge in [0.1, 0.15) is 0 Å². The Morgan fingerprint density at radius 1 is 1.11 bits per heavy atom. The Labute approximate surface area is 209 Å². The molecule has 2 aromatic heterocycles. The number of carbonyl (C=O) groups excluding carboxylic acids is 2. The van der Waals surface area contributed by atoms with E-state index in [9.17, 15) is 14.4 Å². The fraction of sp³-hybridized carbons (Fsp3) is 0.560. The minimum atomic E-state index is -0.200. The van der Waals surface area contributed by atoms with Gasteiger partial charge in [0.25, 0.3) is 5.56 Å². The summed E-state index contributed by atoms with van der Waals surface area (Å²) in [5.41, 5.74) is 0.483. The van der Waals surface area contributed by atoms with Crippen LogP contribution in [0.15, 0.2) is 34.2 Å². The van der Waals surface area contributed by atoms with Crippen molar-refractivity contribution in [1.29, 1.82) is 0 Å². The summed E-state index contributed by atoms with van der Waals surface area (Å²) in [6.45, 7) is 5.09. The van der Waals surface area contributed by atoms with E-state index in [1.807, 2.05) is 22.6 Å². The summed E-state index contributed by atoms with van der Waals surface area (Å²) >= 11 is 1.28. The number of aromatic nitrogens is 4. The van der Waals surface area contributed by atoms with E-state index in [0.717, 1.165) is 32.1 Å². The number of nitrogens with zero attached hydrogens (tertiary/aromatic N) is 4. The van der Waals surface area contributed by atoms with Crippen LogP contribution >= 0.6 is 11.8 Å². The smallest absolute Gasteiger partial charge is 0.262 e. The lowest BCUT2D eigenvalue weighted by Crippen LogP contribution is -2.37. The van der Waals surface area contributed by atoms with Gasteiger partial charge in [-0.3, -0.25) is 23.4 Å². The molecule has 35 heavy (non-hydrogen) atoms. The Morgan fingerprint density at radius 2 is 1.89 bits per heavy atom. The van der Waals surface area contributed by atoms with Gasteiger partial charge in [0.2, 0.25) is 17.6 Å². The molecule has 0 unspecified atom stereocenters. The Balaban J connectivity index is 1.53. The highest BCUT2D eigenvalue weighted by Gasteiger charge is 2.19. The van der Waals surface area contributed by atoms with Gasteiger partial charge in [0.15, 0.2) is 5.16 Å². The van der Waals surface area contributed by atoms with Gasteiger partial charge in [-0.05, 0) is 37.3 Å². The number of carbonyl (C=O) groups is 2. The molecule has 1 aliphatic rings. The van der Waals surface area contributed by atoms with Crippen LogP contribution in [0.2, 0.25) is 0 Å². The average molecular weight is 499 g/mol. The van der Waals surface area contributed by atoms with Crippen LogP contribution in [0.1, 0.15) is 58.8 Å². The number of hydrogen-bond donors (Lipinski definition) is 2. The van der Waals surface area contributed by atoms with E-state index < -0.39 is 0 Å². The lowest BCUT2D eigenvalue weighted by Gasteiger charge is -2.22. The summed E-state index contributed by atoms with van der Waals surface area (Å²) in [6, 6.07) is 7.51. The van der Waals surface area contributed by atoms with Gasteiger partial charge >= 0.3 is 0 Å². The molecular formula is C25H34N6O3S. The van der Waals surface area contributed by atoms with Crippen molar-refractivity contribution in [2.24, 2.45) is 5.92 Å². The molecule has 2 amide bonds. The zero-order valence-corrected chi connectivity index (χ0v) is 21.3. The number of fused-ring (bicyclic) bond motifs is 3. The molecule has 4 rings (SSSR count). The molecule has 2 N–H and O–H groups in total. The molecule has 0 spiro atoms. The van der Waals surface area contributed by atoms with E-state index in [1.54, 1.807) is 6.07 Å². The first-order chi connectivity index (χ1) is 16.9. The number of amides is 2. The molecular weight excluding hydrogens is 464 g/mol. The number of nitrogens with one attached hydrogen (secondary N) is 2. The molecule has 2 heterocycles. The number of benzene rings is 1. The van der Waals surface area contributed by atoms with Gasteiger partial charge in [0.05, 0.1) is 16.7 Å². The first-order valence-corrected chi connectivity index (χ1v) is 13.5. The summed E-state index contributed by atoms with van der Waals surface area (Å²) in [5, 5.41) is 15.7.